The van der Waals surface area contributed by atoms with Gasteiger partial charge in [-0.05, 0) is 45.2 Å². The van der Waals surface area contributed by atoms with Crippen LogP contribution in [0.1, 0.15) is 38.1 Å². The Morgan fingerprint density at radius 3 is 3.00 bits per heavy atom. The molecule has 3 rings (SSSR count). The molecule has 0 radical (unpaired) electrons. The van der Waals surface area contributed by atoms with Crippen molar-refractivity contribution in [3.05, 3.63) is 29.3 Å². The molecule has 24 heavy (non-hydrogen) atoms. The molecule has 2 N–H and O–H groups in total. The van der Waals surface area contributed by atoms with Gasteiger partial charge in [-0.15, -0.1) is 11.3 Å². The first kappa shape index (κ1) is 17.2. The topological polar surface area (TPSA) is 65.5 Å². The predicted molar refractivity (Wildman–Crippen MR) is 97.4 cm³/mol. The van der Waals surface area contributed by atoms with E-state index in [1.165, 1.54) is 4.70 Å². The van der Waals surface area contributed by atoms with Crippen molar-refractivity contribution in [2.45, 2.75) is 51.2 Å². The van der Waals surface area contributed by atoms with E-state index in [-0.39, 0.29) is 12.1 Å². The number of carbonyl (C=O) groups is 1. The number of urea groups is 1. The number of benzene rings is 1. The minimum absolute atomic E-state index is 0.0658. The van der Waals surface area contributed by atoms with Crippen LogP contribution in [0.2, 0.25) is 0 Å². The summed E-state index contributed by atoms with van der Waals surface area (Å²) in [6.45, 7) is 4.90. The van der Waals surface area contributed by atoms with E-state index in [9.17, 15) is 9.90 Å². The van der Waals surface area contributed by atoms with Crippen LogP contribution in [0.3, 0.4) is 0 Å². The number of rotatable bonds is 5. The average molecular weight is 347 g/mol. The summed E-state index contributed by atoms with van der Waals surface area (Å²) < 4.78 is 1.21. The highest BCUT2D eigenvalue weighted by Crippen LogP contribution is 2.26. The van der Waals surface area contributed by atoms with Crippen LogP contribution < -0.4 is 5.32 Å². The summed E-state index contributed by atoms with van der Waals surface area (Å²) in [7, 11) is 0. The zero-order valence-corrected chi connectivity index (χ0v) is 15.1. The highest BCUT2D eigenvalue weighted by atomic mass is 32.1. The van der Waals surface area contributed by atoms with Gasteiger partial charge in [0, 0.05) is 19.5 Å². The minimum atomic E-state index is -0.852. The van der Waals surface area contributed by atoms with Crippen molar-refractivity contribution in [1.82, 2.24) is 15.2 Å². The molecule has 1 aromatic heterocycles. The number of thiazole rings is 1. The van der Waals surface area contributed by atoms with Crippen LogP contribution in [-0.2, 0) is 6.42 Å². The lowest BCUT2D eigenvalue weighted by Crippen LogP contribution is -2.51. The van der Waals surface area contributed by atoms with Crippen LogP contribution in [0, 0.1) is 0 Å². The van der Waals surface area contributed by atoms with E-state index in [1.807, 2.05) is 18.2 Å². The molecule has 1 aromatic carbocycles. The molecular formula is C18H25N3O2S. The van der Waals surface area contributed by atoms with Gasteiger partial charge >= 0.3 is 6.03 Å². The molecule has 0 bridgehead atoms. The first-order chi connectivity index (χ1) is 11.4. The highest BCUT2D eigenvalue weighted by Gasteiger charge is 2.38. The molecule has 1 aliphatic heterocycles. The lowest BCUT2D eigenvalue weighted by atomic mass is 9.97. The molecule has 6 heteroatoms. The Balaban J connectivity index is 1.47. The van der Waals surface area contributed by atoms with Gasteiger partial charge in [0.1, 0.15) is 0 Å². The van der Waals surface area contributed by atoms with Gasteiger partial charge in [-0.1, -0.05) is 12.1 Å². The molecule has 2 amide bonds. The summed E-state index contributed by atoms with van der Waals surface area (Å²) in [5.41, 5.74) is 0.195. The van der Waals surface area contributed by atoms with E-state index >= 15 is 0 Å². The van der Waals surface area contributed by atoms with Crippen molar-refractivity contribution >= 4 is 27.6 Å². The lowest BCUT2D eigenvalue weighted by Gasteiger charge is -2.33. The quantitative estimate of drug-likeness (QED) is 0.817. The maximum absolute atomic E-state index is 12.3. The van der Waals surface area contributed by atoms with Crippen LogP contribution >= 0.6 is 11.3 Å². The lowest BCUT2D eigenvalue weighted by molar-refractivity contribution is 0.00985. The fraction of sp³-hybridized carbons (Fsp3) is 0.556. The second kappa shape index (κ2) is 7.07. The van der Waals surface area contributed by atoms with Crippen molar-refractivity contribution in [1.29, 1.82) is 0 Å². The van der Waals surface area contributed by atoms with Gasteiger partial charge in [0.05, 0.1) is 26.9 Å². The highest BCUT2D eigenvalue weighted by molar-refractivity contribution is 7.18. The average Bonchev–Trinajstić information content (AvgIpc) is 3.16. The van der Waals surface area contributed by atoms with E-state index in [0.717, 1.165) is 42.8 Å². The first-order valence-electron chi connectivity index (χ1n) is 8.56. The standard InChI is InChI=1S/C18H25N3O2S/c1-18(2,23)15-9-6-12-21(15)17(22)19-11-5-10-16-20-13-7-3-4-8-14(13)24-16/h3-4,7-8,15,23H,5-6,9-12H2,1-2H3,(H,19,22). The number of nitrogens with zero attached hydrogens (tertiary/aromatic N) is 2. The van der Waals surface area contributed by atoms with E-state index in [1.54, 1.807) is 30.1 Å². The third-order valence-electron chi connectivity index (χ3n) is 4.51. The van der Waals surface area contributed by atoms with Crippen molar-refractivity contribution in [2.24, 2.45) is 0 Å². The molecule has 2 heterocycles. The molecule has 1 aliphatic rings. The largest absolute Gasteiger partial charge is 0.388 e. The fourth-order valence-corrected chi connectivity index (χ4v) is 4.32. The van der Waals surface area contributed by atoms with Gasteiger partial charge in [0.25, 0.3) is 0 Å². The van der Waals surface area contributed by atoms with Gasteiger partial charge in [-0.25, -0.2) is 9.78 Å². The van der Waals surface area contributed by atoms with Crippen LogP contribution in [0.5, 0.6) is 0 Å². The first-order valence-corrected chi connectivity index (χ1v) is 9.38. The third-order valence-corrected chi connectivity index (χ3v) is 5.61. The van der Waals surface area contributed by atoms with Crippen LogP contribution in [0.25, 0.3) is 10.2 Å². The molecule has 1 unspecified atom stereocenters. The van der Waals surface area contributed by atoms with Crippen molar-refractivity contribution in [3.63, 3.8) is 0 Å². The Bertz CT molecular complexity index is 675. The van der Waals surface area contributed by atoms with E-state index < -0.39 is 5.60 Å². The number of likely N-dealkylation sites (tertiary alicyclic amines) is 1. The number of amides is 2. The smallest absolute Gasteiger partial charge is 0.317 e. The zero-order valence-electron chi connectivity index (χ0n) is 14.3. The Labute approximate surface area is 146 Å². The Morgan fingerprint density at radius 2 is 2.25 bits per heavy atom. The number of nitrogens with one attached hydrogen (secondary N) is 1. The summed E-state index contributed by atoms with van der Waals surface area (Å²) in [4.78, 5) is 18.7. The number of fused-ring (bicyclic) bond motifs is 1. The molecular weight excluding hydrogens is 322 g/mol. The summed E-state index contributed by atoms with van der Waals surface area (Å²) in [6.07, 6.45) is 3.55. The van der Waals surface area contributed by atoms with E-state index in [2.05, 4.69) is 16.4 Å². The summed E-state index contributed by atoms with van der Waals surface area (Å²) in [6, 6.07) is 7.98. The maximum Gasteiger partial charge on any atom is 0.317 e. The van der Waals surface area contributed by atoms with Crippen LogP contribution in [0.4, 0.5) is 4.79 Å². The SMILES string of the molecule is CC(C)(O)C1CCCN1C(=O)NCCCc1nc2ccccc2s1. The fourth-order valence-electron chi connectivity index (χ4n) is 3.31. The van der Waals surface area contributed by atoms with Crippen LogP contribution in [-0.4, -0.2) is 45.8 Å². The number of aromatic nitrogens is 1. The van der Waals surface area contributed by atoms with Gasteiger partial charge in [-0.3, -0.25) is 0 Å². The zero-order chi connectivity index (χ0) is 17.2. The summed E-state index contributed by atoms with van der Waals surface area (Å²) in [5, 5.41) is 14.3. The molecule has 2 aromatic rings. The molecule has 1 saturated heterocycles. The number of aliphatic hydroxyl groups is 1. The second-order valence-electron chi connectivity index (χ2n) is 6.92. The molecule has 0 saturated carbocycles. The Hall–Kier alpha value is -1.66. The Morgan fingerprint density at radius 1 is 1.46 bits per heavy atom. The second-order valence-corrected chi connectivity index (χ2v) is 8.03. The van der Waals surface area contributed by atoms with Gasteiger partial charge in [-0.2, -0.15) is 0 Å². The number of hydrogen-bond acceptors (Lipinski definition) is 4. The number of hydrogen-bond donors (Lipinski definition) is 2. The van der Waals surface area contributed by atoms with Crippen molar-refractivity contribution in [2.75, 3.05) is 13.1 Å². The summed E-state index contributed by atoms with van der Waals surface area (Å²) >= 11 is 1.72. The third kappa shape index (κ3) is 3.87. The molecule has 0 aliphatic carbocycles. The van der Waals surface area contributed by atoms with Crippen molar-refractivity contribution < 1.29 is 9.90 Å². The number of aryl methyl sites for hydroxylation is 1. The number of para-hydroxylation sites is 1. The molecule has 0 spiro atoms. The molecule has 1 atom stereocenters. The van der Waals surface area contributed by atoms with Gasteiger partial charge in [0.15, 0.2) is 0 Å². The predicted octanol–water partition coefficient (Wildman–Crippen LogP) is 3.17. The van der Waals surface area contributed by atoms with E-state index in [4.69, 9.17) is 0 Å². The van der Waals surface area contributed by atoms with Gasteiger partial charge < -0.3 is 15.3 Å². The van der Waals surface area contributed by atoms with Gasteiger partial charge in [0.2, 0.25) is 0 Å². The monoisotopic (exact) mass is 347 g/mol. The van der Waals surface area contributed by atoms with Crippen molar-refractivity contribution in [3.8, 4) is 0 Å². The summed E-state index contributed by atoms with van der Waals surface area (Å²) in [5.74, 6) is 0. The normalized spacial score (nSPS) is 18.3. The Kier molecular flexibility index (Phi) is 5.06. The van der Waals surface area contributed by atoms with E-state index in [0.29, 0.717) is 6.54 Å². The van der Waals surface area contributed by atoms with Crippen LogP contribution in [0.15, 0.2) is 24.3 Å². The number of carbonyl (C=O) groups excluding carboxylic acids is 1. The minimum Gasteiger partial charge on any atom is -0.388 e. The maximum atomic E-state index is 12.3. The molecule has 1 fully saturated rings. The molecule has 130 valence electrons. The molecule has 5 nitrogen and oxygen atoms in total.